The van der Waals surface area contributed by atoms with E-state index in [0.29, 0.717) is 22.9 Å². The predicted octanol–water partition coefficient (Wildman–Crippen LogP) is 6.01. The Bertz CT molecular complexity index is 1160. The quantitative estimate of drug-likeness (QED) is 0.442. The fraction of sp³-hybridized carbons (Fsp3) is 0.444. The molecule has 34 heavy (non-hydrogen) atoms. The first-order valence-electron chi connectivity index (χ1n) is 11.7. The summed E-state index contributed by atoms with van der Waals surface area (Å²) in [6.45, 7) is 14.4. The standard InChI is InChI=1S/C27H36N4O3/c1-9-10-18(3)34-23-14-12-20(27(5,6)7)16-21(23)28-26(32)25-19(4)31(30-29-25)22-15-17(2)11-13-24(22)33-8/h11-16,18H,9-10H2,1-8H3,(H,28,32)/t18-/m1/s1. The van der Waals surface area contributed by atoms with Crippen LogP contribution in [0.15, 0.2) is 36.4 Å². The molecule has 1 atom stereocenters. The van der Waals surface area contributed by atoms with Crippen molar-refractivity contribution < 1.29 is 14.3 Å². The highest BCUT2D eigenvalue weighted by atomic mass is 16.5. The molecule has 0 unspecified atom stereocenters. The number of hydrogen-bond donors (Lipinski definition) is 1. The molecule has 2 aromatic carbocycles. The van der Waals surface area contributed by atoms with Gasteiger partial charge in [-0.1, -0.05) is 51.5 Å². The molecule has 0 aliphatic carbocycles. The average molecular weight is 465 g/mol. The van der Waals surface area contributed by atoms with Crippen molar-refractivity contribution in [2.24, 2.45) is 0 Å². The number of benzene rings is 2. The number of anilines is 1. The molecular formula is C27H36N4O3. The predicted molar refractivity (Wildman–Crippen MR) is 135 cm³/mol. The molecule has 1 amide bonds. The van der Waals surface area contributed by atoms with Crippen molar-refractivity contribution in [2.45, 2.75) is 72.8 Å². The molecule has 0 fully saturated rings. The van der Waals surface area contributed by atoms with Crippen LogP contribution in [0, 0.1) is 13.8 Å². The van der Waals surface area contributed by atoms with Gasteiger partial charge in [-0.15, -0.1) is 5.10 Å². The van der Waals surface area contributed by atoms with Gasteiger partial charge in [0.15, 0.2) is 5.69 Å². The molecule has 1 N–H and O–H groups in total. The van der Waals surface area contributed by atoms with Crippen LogP contribution < -0.4 is 14.8 Å². The number of nitrogens with one attached hydrogen (secondary N) is 1. The number of carbonyl (C=O) groups excluding carboxylic acids is 1. The number of methoxy groups -OCH3 is 1. The van der Waals surface area contributed by atoms with Crippen LogP contribution in [0.25, 0.3) is 5.69 Å². The van der Waals surface area contributed by atoms with Gasteiger partial charge in [0.2, 0.25) is 0 Å². The summed E-state index contributed by atoms with van der Waals surface area (Å²) >= 11 is 0. The zero-order valence-electron chi connectivity index (χ0n) is 21.5. The van der Waals surface area contributed by atoms with E-state index in [2.05, 4.69) is 49.4 Å². The molecule has 1 aromatic heterocycles. The van der Waals surface area contributed by atoms with Crippen LogP contribution in [0.5, 0.6) is 11.5 Å². The van der Waals surface area contributed by atoms with Gasteiger partial charge in [0.1, 0.15) is 17.2 Å². The molecule has 1 heterocycles. The summed E-state index contributed by atoms with van der Waals surface area (Å²) < 4.78 is 13.3. The van der Waals surface area contributed by atoms with Crippen molar-refractivity contribution in [1.82, 2.24) is 15.0 Å². The van der Waals surface area contributed by atoms with E-state index in [4.69, 9.17) is 9.47 Å². The monoisotopic (exact) mass is 464 g/mol. The highest BCUT2D eigenvalue weighted by molar-refractivity contribution is 6.04. The zero-order chi connectivity index (χ0) is 25.0. The molecule has 0 radical (unpaired) electrons. The Morgan fingerprint density at radius 2 is 1.82 bits per heavy atom. The smallest absolute Gasteiger partial charge is 0.278 e. The van der Waals surface area contributed by atoms with E-state index in [1.54, 1.807) is 11.8 Å². The van der Waals surface area contributed by atoms with Crippen molar-refractivity contribution >= 4 is 11.6 Å². The Hall–Kier alpha value is -3.35. The van der Waals surface area contributed by atoms with E-state index in [1.807, 2.05) is 51.1 Å². The average Bonchev–Trinajstić information content (AvgIpc) is 3.15. The van der Waals surface area contributed by atoms with Crippen molar-refractivity contribution in [3.05, 3.63) is 58.9 Å². The van der Waals surface area contributed by atoms with E-state index in [1.165, 1.54) is 0 Å². The molecule has 182 valence electrons. The fourth-order valence-corrected chi connectivity index (χ4v) is 3.79. The lowest BCUT2D eigenvalue weighted by Crippen LogP contribution is -2.19. The minimum Gasteiger partial charge on any atom is -0.494 e. The minimum atomic E-state index is -0.338. The number of aromatic nitrogens is 3. The van der Waals surface area contributed by atoms with Gasteiger partial charge < -0.3 is 14.8 Å². The SMILES string of the molecule is CCC[C@@H](C)Oc1ccc(C(C)(C)C)cc1NC(=O)c1nnn(-c2cc(C)ccc2OC)c1C. The van der Waals surface area contributed by atoms with Gasteiger partial charge in [0.05, 0.1) is 24.6 Å². The molecule has 7 nitrogen and oxygen atoms in total. The molecule has 0 aliphatic rings. The van der Waals surface area contributed by atoms with Crippen LogP contribution in [0.1, 0.15) is 74.8 Å². The molecule has 0 saturated carbocycles. The molecule has 0 bridgehead atoms. The van der Waals surface area contributed by atoms with Crippen LogP contribution in [0.2, 0.25) is 0 Å². The van der Waals surface area contributed by atoms with Crippen LogP contribution in [-0.2, 0) is 5.41 Å². The molecule has 0 aliphatic heterocycles. The third kappa shape index (κ3) is 5.58. The van der Waals surface area contributed by atoms with E-state index in [-0.39, 0.29) is 23.1 Å². The molecule has 3 rings (SSSR count). The maximum Gasteiger partial charge on any atom is 0.278 e. The number of hydrogen-bond acceptors (Lipinski definition) is 5. The molecule has 7 heteroatoms. The van der Waals surface area contributed by atoms with E-state index in [9.17, 15) is 4.79 Å². The van der Waals surface area contributed by atoms with Crippen LogP contribution in [0.3, 0.4) is 0 Å². The maximum atomic E-state index is 13.3. The van der Waals surface area contributed by atoms with Crippen molar-refractivity contribution in [3.8, 4) is 17.2 Å². The third-order valence-electron chi connectivity index (χ3n) is 5.79. The van der Waals surface area contributed by atoms with E-state index < -0.39 is 0 Å². The number of carbonyl (C=O) groups is 1. The zero-order valence-corrected chi connectivity index (χ0v) is 21.5. The minimum absolute atomic E-state index is 0.0394. The summed E-state index contributed by atoms with van der Waals surface area (Å²) in [5, 5.41) is 11.5. The van der Waals surface area contributed by atoms with Gasteiger partial charge in [0.25, 0.3) is 5.91 Å². The van der Waals surface area contributed by atoms with Crippen LogP contribution in [0.4, 0.5) is 5.69 Å². The molecular weight excluding hydrogens is 428 g/mol. The highest BCUT2D eigenvalue weighted by Crippen LogP contribution is 2.33. The molecule has 0 spiro atoms. The Labute approximate surface area is 202 Å². The number of rotatable bonds is 8. The Morgan fingerprint density at radius 3 is 2.47 bits per heavy atom. The molecule has 3 aromatic rings. The molecule has 0 saturated heterocycles. The van der Waals surface area contributed by atoms with E-state index in [0.717, 1.165) is 29.7 Å². The lowest BCUT2D eigenvalue weighted by molar-refractivity contribution is 0.102. The number of ether oxygens (including phenoxy) is 2. The fourth-order valence-electron chi connectivity index (χ4n) is 3.79. The number of nitrogens with zero attached hydrogens (tertiary/aromatic N) is 3. The maximum absolute atomic E-state index is 13.3. The summed E-state index contributed by atoms with van der Waals surface area (Å²) in [5.74, 6) is 0.964. The Morgan fingerprint density at radius 1 is 1.12 bits per heavy atom. The summed E-state index contributed by atoms with van der Waals surface area (Å²) in [6.07, 6.45) is 1.99. The van der Waals surface area contributed by atoms with Gasteiger partial charge in [-0.2, -0.15) is 0 Å². The van der Waals surface area contributed by atoms with Gasteiger partial charge >= 0.3 is 0 Å². The highest BCUT2D eigenvalue weighted by Gasteiger charge is 2.23. The lowest BCUT2D eigenvalue weighted by Gasteiger charge is -2.23. The summed E-state index contributed by atoms with van der Waals surface area (Å²) in [6, 6.07) is 11.8. The van der Waals surface area contributed by atoms with Gasteiger partial charge in [-0.25, -0.2) is 4.68 Å². The first-order chi connectivity index (χ1) is 16.0. The topological polar surface area (TPSA) is 78.3 Å². The van der Waals surface area contributed by atoms with Crippen molar-refractivity contribution in [3.63, 3.8) is 0 Å². The van der Waals surface area contributed by atoms with Gasteiger partial charge in [0, 0.05) is 0 Å². The van der Waals surface area contributed by atoms with Crippen LogP contribution >= 0.6 is 0 Å². The lowest BCUT2D eigenvalue weighted by atomic mass is 9.87. The number of aryl methyl sites for hydroxylation is 1. The second-order valence-corrected chi connectivity index (χ2v) is 9.74. The van der Waals surface area contributed by atoms with E-state index >= 15 is 0 Å². The Balaban J connectivity index is 1.96. The van der Waals surface area contributed by atoms with Crippen LogP contribution in [-0.4, -0.2) is 34.1 Å². The second-order valence-electron chi connectivity index (χ2n) is 9.74. The summed E-state index contributed by atoms with van der Waals surface area (Å²) in [7, 11) is 1.61. The Kier molecular flexibility index (Phi) is 7.64. The second kappa shape index (κ2) is 10.3. The number of amides is 1. The summed E-state index contributed by atoms with van der Waals surface area (Å²) in [5.41, 5.74) is 4.31. The largest absolute Gasteiger partial charge is 0.494 e. The first kappa shape index (κ1) is 25.3. The first-order valence-corrected chi connectivity index (χ1v) is 11.7. The van der Waals surface area contributed by atoms with Gasteiger partial charge in [-0.3, -0.25) is 4.79 Å². The summed E-state index contributed by atoms with van der Waals surface area (Å²) in [4.78, 5) is 13.3. The normalized spacial score (nSPS) is 12.4. The van der Waals surface area contributed by atoms with Crippen molar-refractivity contribution in [2.75, 3.05) is 12.4 Å². The van der Waals surface area contributed by atoms with Crippen molar-refractivity contribution in [1.29, 1.82) is 0 Å². The van der Waals surface area contributed by atoms with Gasteiger partial charge in [-0.05, 0) is 68.0 Å². The third-order valence-corrected chi connectivity index (χ3v) is 5.79.